The number of carbonyl (C=O) groups is 1. The summed E-state index contributed by atoms with van der Waals surface area (Å²) < 4.78 is 21.0. The fourth-order valence-electron chi connectivity index (χ4n) is 5.12. The first kappa shape index (κ1) is 28.0. The molecule has 0 N–H and O–H groups in total. The predicted molar refractivity (Wildman–Crippen MR) is 155 cm³/mol. The van der Waals surface area contributed by atoms with Gasteiger partial charge in [0.15, 0.2) is 11.5 Å². The van der Waals surface area contributed by atoms with E-state index in [1.807, 2.05) is 56.3 Å². The molecule has 212 valence electrons. The van der Waals surface area contributed by atoms with E-state index in [-0.39, 0.29) is 17.8 Å². The number of aryl methyl sites for hydroxylation is 1. The molecule has 4 heterocycles. The molecule has 0 bridgehead atoms. The van der Waals surface area contributed by atoms with E-state index < -0.39 is 5.60 Å². The fraction of sp³-hybridized carbons (Fsp3) is 0.387. The number of rotatable bonds is 5. The Balaban J connectivity index is 1.45. The van der Waals surface area contributed by atoms with Gasteiger partial charge in [-0.1, -0.05) is 6.92 Å². The average Bonchev–Trinajstić information content (AvgIpc) is 3.34. The first-order chi connectivity index (χ1) is 19.6. The normalized spacial score (nSPS) is 14.2. The van der Waals surface area contributed by atoms with Gasteiger partial charge in [-0.05, 0) is 88.6 Å². The number of amides is 1. The summed E-state index contributed by atoms with van der Waals surface area (Å²) in [5, 5.41) is 14.7. The van der Waals surface area contributed by atoms with E-state index >= 15 is 0 Å². The van der Waals surface area contributed by atoms with Crippen LogP contribution in [0.3, 0.4) is 0 Å². The molecule has 1 saturated heterocycles. The van der Waals surface area contributed by atoms with E-state index in [4.69, 9.17) is 19.8 Å². The maximum Gasteiger partial charge on any atom is 0.410 e. The molecule has 0 atom stereocenters. The van der Waals surface area contributed by atoms with Crippen LogP contribution in [0, 0.1) is 17.1 Å². The van der Waals surface area contributed by atoms with Crippen molar-refractivity contribution in [3.63, 3.8) is 0 Å². The Labute approximate surface area is 239 Å². The molecule has 0 aliphatic carbocycles. The highest BCUT2D eigenvalue weighted by atomic mass is 19.1. The lowest BCUT2D eigenvalue weighted by Crippen LogP contribution is -2.41. The van der Waals surface area contributed by atoms with Gasteiger partial charge >= 0.3 is 6.09 Å². The van der Waals surface area contributed by atoms with E-state index in [0.717, 1.165) is 35.7 Å². The molecule has 0 unspecified atom stereocenters. The Kier molecular flexibility index (Phi) is 7.63. The Morgan fingerprint density at radius 3 is 2.44 bits per heavy atom. The van der Waals surface area contributed by atoms with Gasteiger partial charge in [0.25, 0.3) is 0 Å². The minimum atomic E-state index is -0.523. The van der Waals surface area contributed by atoms with Crippen LogP contribution in [0.2, 0.25) is 0 Å². The second-order valence-electron chi connectivity index (χ2n) is 11.2. The predicted octanol–water partition coefficient (Wildman–Crippen LogP) is 6.25. The van der Waals surface area contributed by atoms with Crippen molar-refractivity contribution in [3.8, 4) is 17.3 Å². The number of piperidine rings is 1. The molecule has 0 radical (unpaired) electrons. The molecule has 0 saturated carbocycles. The topological polar surface area (TPSA) is 99.7 Å². The Morgan fingerprint density at radius 2 is 1.80 bits per heavy atom. The Hall–Kier alpha value is -4.52. The highest BCUT2D eigenvalue weighted by Gasteiger charge is 2.29. The number of anilines is 2. The van der Waals surface area contributed by atoms with Crippen molar-refractivity contribution in [2.75, 3.05) is 25.0 Å². The molecule has 1 fully saturated rings. The van der Waals surface area contributed by atoms with Crippen molar-refractivity contribution >= 4 is 23.4 Å². The highest BCUT2D eigenvalue weighted by Crippen LogP contribution is 2.33. The minimum Gasteiger partial charge on any atom is -0.444 e. The van der Waals surface area contributed by atoms with Crippen LogP contribution in [-0.2, 0) is 11.2 Å². The molecular formula is C31H34FN7O2. The number of hydrogen-bond acceptors (Lipinski definition) is 7. The smallest absolute Gasteiger partial charge is 0.410 e. The number of aromatic nitrogens is 4. The number of benzene rings is 1. The molecule has 10 heteroatoms. The van der Waals surface area contributed by atoms with Crippen LogP contribution in [0.25, 0.3) is 16.9 Å². The standard InChI is InChI=1S/C31H34FN7O2/c1-6-24-29(37(5)26-13-9-22(19-33)28(35-26)21-7-10-23(32)11-8-21)39-27(34-24)14-12-25(36-39)20-15-17-38(18-16-20)30(40)41-31(2,3)4/h7-14,20H,6,15-18H2,1-5H3. The zero-order valence-electron chi connectivity index (χ0n) is 24.1. The number of nitriles is 1. The van der Waals surface area contributed by atoms with Gasteiger partial charge < -0.3 is 14.5 Å². The van der Waals surface area contributed by atoms with Crippen LogP contribution >= 0.6 is 0 Å². The Bertz CT molecular complexity index is 1610. The lowest BCUT2D eigenvalue weighted by Gasteiger charge is -2.33. The highest BCUT2D eigenvalue weighted by molar-refractivity contribution is 5.71. The number of imidazole rings is 1. The number of carbonyl (C=O) groups excluding carboxylic acids is 1. The largest absolute Gasteiger partial charge is 0.444 e. The quantitative estimate of drug-likeness (QED) is 0.287. The van der Waals surface area contributed by atoms with Crippen LogP contribution in [0.5, 0.6) is 0 Å². The second kappa shape index (κ2) is 11.2. The summed E-state index contributed by atoms with van der Waals surface area (Å²) in [7, 11) is 1.90. The van der Waals surface area contributed by atoms with Crippen molar-refractivity contribution in [2.45, 2.75) is 58.5 Å². The van der Waals surface area contributed by atoms with Crippen LogP contribution in [0.4, 0.5) is 20.8 Å². The SMILES string of the molecule is CCc1nc2ccc(C3CCN(C(=O)OC(C)(C)C)CC3)nn2c1N(C)c1ccc(C#N)c(-c2ccc(F)cc2)n1. The van der Waals surface area contributed by atoms with E-state index in [9.17, 15) is 14.4 Å². The van der Waals surface area contributed by atoms with Gasteiger partial charge in [-0.15, -0.1) is 0 Å². The van der Waals surface area contributed by atoms with E-state index in [1.165, 1.54) is 12.1 Å². The maximum absolute atomic E-state index is 13.6. The first-order valence-electron chi connectivity index (χ1n) is 13.8. The van der Waals surface area contributed by atoms with Gasteiger partial charge in [0.2, 0.25) is 0 Å². The molecule has 4 aromatic rings. The van der Waals surface area contributed by atoms with E-state index in [0.29, 0.717) is 42.1 Å². The van der Waals surface area contributed by atoms with Crippen LogP contribution in [-0.4, -0.2) is 56.3 Å². The average molecular weight is 556 g/mol. The molecule has 1 amide bonds. The number of pyridine rings is 1. The van der Waals surface area contributed by atoms with Crippen molar-refractivity contribution in [1.82, 2.24) is 24.5 Å². The summed E-state index contributed by atoms with van der Waals surface area (Å²) in [6, 6.07) is 15.7. The molecule has 5 rings (SSSR count). The summed E-state index contributed by atoms with van der Waals surface area (Å²) in [5.41, 5.74) is 3.55. The van der Waals surface area contributed by atoms with Gasteiger partial charge in [-0.2, -0.15) is 14.9 Å². The molecule has 0 spiro atoms. The molecule has 41 heavy (non-hydrogen) atoms. The molecular weight excluding hydrogens is 521 g/mol. The van der Waals surface area contributed by atoms with Gasteiger partial charge in [-0.25, -0.2) is 19.2 Å². The van der Waals surface area contributed by atoms with Gasteiger partial charge in [0.1, 0.15) is 23.3 Å². The molecule has 1 aliphatic rings. The monoisotopic (exact) mass is 555 g/mol. The van der Waals surface area contributed by atoms with E-state index in [2.05, 4.69) is 6.07 Å². The zero-order valence-corrected chi connectivity index (χ0v) is 24.1. The van der Waals surface area contributed by atoms with Gasteiger partial charge in [0.05, 0.1) is 22.6 Å². The minimum absolute atomic E-state index is 0.196. The zero-order chi connectivity index (χ0) is 29.3. The van der Waals surface area contributed by atoms with Crippen LogP contribution < -0.4 is 4.90 Å². The van der Waals surface area contributed by atoms with Gasteiger partial charge in [0, 0.05) is 31.6 Å². The fourth-order valence-corrected chi connectivity index (χ4v) is 5.12. The number of ether oxygens (including phenoxy) is 1. The third-order valence-electron chi connectivity index (χ3n) is 7.22. The first-order valence-corrected chi connectivity index (χ1v) is 13.8. The summed E-state index contributed by atoms with van der Waals surface area (Å²) in [6.45, 7) is 8.88. The third kappa shape index (κ3) is 5.85. The van der Waals surface area contributed by atoms with Crippen LogP contribution in [0.15, 0.2) is 48.5 Å². The molecule has 3 aromatic heterocycles. The van der Waals surface area contributed by atoms with Crippen LogP contribution in [0.1, 0.15) is 63.4 Å². The number of nitrogens with zero attached hydrogens (tertiary/aromatic N) is 7. The van der Waals surface area contributed by atoms with E-state index in [1.54, 1.807) is 29.2 Å². The second-order valence-corrected chi connectivity index (χ2v) is 11.2. The summed E-state index contributed by atoms with van der Waals surface area (Å²) in [5.74, 6) is 1.24. The molecule has 9 nitrogen and oxygen atoms in total. The molecule has 1 aromatic carbocycles. The van der Waals surface area contributed by atoms with Crippen molar-refractivity contribution in [2.24, 2.45) is 0 Å². The summed E-state index contributed by atoms with van der Waals surface area (Å²) in [4.78, 5) is 25.8. The number of halogens is 1. The maximum atomic E-state index is 13.6. The Morgan fingerprint density at radius 1 is 1.10 bits per heavy atom. The summed E-state index contributed by atoms with van der Waals surface area (Å²) in [6.07, 6.45) is 1.99. The van der Waals surface area contributed by atoms with Gasteiger partial charge in [-0.3, -0.25) is 0 Å². The number of likely N-dealkylation sites (tertiary alicyclic amines) is 1. The van der Waals surface area contributed by atoms with Crippen molar-refractivity contribution < 1.29 is 13.9 Å². The third-order valence-corrected chi connectivity index (χ3v) is 7.22. The number of fused-ring (bicyclic) bond motifs is 1. The molecule has 1 aliphatic heterocycles. The summed E-state index contributed by atoms with van der Waals surface area (Å²) >= 11 is 0. The van der Waals surface area contributed by atoms with Crippen molar-refractivity contribution in [3.05, 3.63) is 71.3 Å². The van der Waals surface area contributed by atoms with Crippen molar-refractivity contribution in [1.29, 1.82) is 5.26 Å². The number of hydrogen-bond donors (Lipinski definition) is 0. The lowest BCUT2D eigenvalue weighted by atomic mass is 9.93. The lowest BCUT2D eigenvalue weighted by molar-refractivity contribution is 0.0204.